The number of aliphatic hydroxyl groups excluding tert-OH is 1. The summed E-state index contributed by atoms with van der Waals surface area (Å²) in [6.07, 6.45) is 1.55. The molecular formula is C11H16BrN3O2. The third kappa shape index (κ3) is 4.32. The van der Waals surface area contributed by atoms with E-state index in [1.807, 2.05) is 6.92 Å². The zero-order valence-electron chi connectivity index (χ0n) is 9.77. The van der Waals surface area contributed by atoms with Gasteiger partial charge in [0.25, 0.3) is 5.91 Å². The first-order chi connectivity index (χ1) is 7.90. The molecule has 2 atom stereocenters. The molecule has 0 aliphatic carbocycles. The van der Waals surface area contributed by atoms with E-state index in [9.17, 15) is 9.90 Å². The summed E-state index contributed by atoms with van der Waals surface area (Å²) >= 11 is 3.24. The quantitative estimate of drug-likeness (QED) is 0.782. The smallest absolute Gasteiger partial charge is 0.252 e. The highest BCUT2D eigenvalue weighted by Crippen LogP contribution is 2.17. The molecule has 0 aliphatic heterocycles. The molecule has 0 aromatic carbocycles. The van der Waals surface area contributed by atoms with Crippen molar-refractivity contribution in [3.8, 4) is 0 Å². The van der Waals surface area contributed by atoms with Gasteiger partial charge in [-0.25, -0.2) is 4.98 Å². The molecule has 94 valence electrons. The minimum absolute atomic E-state index is 0.108. The molecule has 0 aliphatic rings. The molecule has 0 saturated carbocycles. The van der Waals surface area contributed by atoms with Gasteiger partial charge in [-0.2, -0.15) is 0 Å². The minimum Gasteiger partial charge on any atom is -0.393 e. The van der Waals surface area contributed by atoms with E-state index in [1.165, 1.54) is 12.3 Å². The van der Waals surface area contributed by atoms with Crippen LogP contribution in [0.2, 0.25) is 0 Å². The van der Waals surface area contributed by atoms with Gasteiger partial charge in [-0.05, 0) is 42.3 Å². The highest BCUT2D eigenvalue weighted by atomic mass is 79.9. The van der Waals surface area contributed by atoms with E-state index in [2.05, 4.69) is 26.2 Å². The molecule has 1 amide bonds. The molecule has 6 heteroatoms. The van der Waals surface area contributed by atoms with Crippen LogP contribution in [0.1, 0.15) is 30.6 Å². The van der Waals surface area contributed by atoms with Crippen LogP contribution >= 0.6 is 15.9 Å². The van der Waals surface area contributed by atoms with E-state index >= 15 is 0 Å². The summed E-state index contributed by atoms with van der Waals surface area (Å²) < 4.78 is 0.591. The fourth-order valence-corrected chi connectivity index (χ4v) is 1.90. The van der Waals surface area contributed by atoms with Gasteiger partial charge >= 0.3 is 0 Å². The van der Waals surface area contributed by atoms with Crippen LogP contribution in [0, 0.1) is 0 Å². The minimum atomic E-state index is -0.448. The maximum atomic E-state index is 11.9. The van der Waals surface area contributed by atoms with Gasteiger partial charge in [-0.3, -0.25) is 4.79 Å². The number of nitrogens with one attached hydrogen (secondary N) is 1. The Morgan fingerprint density at radius 2 is 2.29 bits per heavy atom. The molecule has 5 nitrogen and oxygen atoms in total. The maximum absolute atomic E-state index is 11.9. The second-order valence-corrected chi connectivity index (χ2v) is 4.90. The van der Waals surface area contributed by atoms with Crippen molar-refractivity contribution in [2.75, 3.05) is 5.73 Å². The molecule has 0 radical (unpaired) electrons. The summed E-state index contributed by atoms with van der Waals surface area (Å²) in [6.45, 7) is 3.52. The molecule has 1 heterocycles. The zero-order valence-corrected chi connectivity index (χ0v) is 11.4. The number of rotatable bonds is 4. The van der Waals surface area contributed by atoms with Crippen LogP contribution in [-0.2, 0) is 0 Å². The van der Waals surface area contributed by atoms with Crippen molar-refractivity contribution in [1.82, 2.24) is 10.3 Å². The van der Waals surface area contributed by atoms with Crippen LogP contribution in [0.4, 0.5) is 5.82 Å². The highest BCUT2D eigenvalue weighted by Gasteiger charge is 2.14. The maximum Gasteiger partial charge on any atom is 0.252 e. The Balaban J connectivity index is 2.73. The monoisotopic (exact) mass is 301 g/mol. The normalized spacial score (nSPS) is 14.1. The molecule has 2 unspecified atom stereocenters. The number of nitrogens with zero attached hydrogens (tertiary/aromatic N) is 1. The number of hydrogen-bond donors (Lipinski definition) is 3. The van der Waals surface area contributed by atoms with Gasteiger partial charge in [0.15, 0.2) is 0 Å². The average molecular weight is 302 g/mol. The van der Waals surface area contributed by atoms with Gasteiger partial charge in [0, 0.05) is 16.7 Å². The summed E-state index contributed by atoms with van der Waals surface area (Å²) in [5, 5.41) is 12.0. The van der Waals surface area contributed by atoms with E-state index in [4.69, 9.17) is 5.73 Å². The van der Waals surface area contributed by atoms with Crippen LogP contribution in [0.5, 0.6) is 0 Å². The van der Waals surface area contributed by atoms with Crippen LogP contribution in [0.3, 0.4) is 0 Å². The van der Waals surface area contributed by atoms with Crippen molar-refractivity contribution in [1.29, 1.82) is 0 Å². The highest BCUT2D eigenvalue weighted by molar-refractivity contribution is 9.10. The predicted molar refractivity (Wildman–Crippen MR) is 69.6 cm³/mol. The van der Waals surface area contributed by atoms with Crippen LogP contribution < -0.4 is 11.1 Å². The fourth-order valence-electron chi connectivity index (χ4n) is 1.50. The number of carbonyl (C=O) groups excluding carboxylic acids is 1. The van der Waals surface area contributed by atoms with Crippen molar-refractivity contribution in [3.05, 3.63) is 22.3 Å². The Hall–Kier alpha value is -1.14. The van der Waals surface area contributed by atoms with E-state index in [0.29, 0.717) is 22.3 Å². The first-order valence-corrected chi connectivity index (χ1v) is 6.09. The number of aromatic nitrogens is 1. The number of nitrogen functional groups attached to an aromatic ring is 1. The predicted octanol–water partition coefficient (Wildman–Crippen LogP) is 1.32. The molecule has 1 aromatic rings. The second kappa shape index (κ2) is 5.97. The van der Waals surface area contributed by atoms with Gasteiger partial charge in [0.2, 0.25) is 0 Å². The van der Waals surface area contributed by atoms with Gasteiger partial charge in [0.05, 0.1) is 11.7 Å². The number of anilines is 1. The number of nitrogens with two attached hydrogens (primary N) is 1. The lowest BCUT2D eigenvalue weighted by Crippen LogP contribution is -2.34. The zero-order chi connectivity index (χ0) is 13.0. The number of halogens is 1. The Labute approximate surface area is 109 Å². The Kier molecular flexibility index (Phi) is 4.89. The topological polar surface area (TPSA) is 88.2 Å². The Morgan fingerprint density at radius 1 is 1.65 bits per heavy atom. The van der Waals surface area contributed by atoms with E-state index < -0.39 is 6.10 Å². The molecule has 1 aromatic heterocycles. The first kappa shape index (κ1) is 13.9. The number of aliphatic hydroxyl groups is 1. The SMILES string of the molecule is CC(O)CC(C)NC(=O)c1cc(N)ncc1Br. The summed E-state index contributed by atoms with van der Waals surface area (Å²) in [6, 6.07) is 1.40. The lowest BCUT2D eigenvalue weighted by molar-refractivity contribution is 0.0922. The third-order valence-electron chi connectivity index (χ3n) is 2.19. The van der Waals surface area contributed by atoms with Gasteiger partial charge in [-0.1, -0.05) is 0 Å². The lowest BCUT2D eigenvalue weighted by atomic mass is 10.1. The van der Waals surface area contributed by atoms with Gasteiger partial charge in [0.1, 0.15) is 5.82 Å². The molecular weight excluding hydrogens is 286 g/mol. The number of carbonyl (C=O) groups is 1. The molecule has 0 bridgehead atoms. The number of amides is 1. The largest absolute Gasteiger partial charge is 0.393 e. The molecule has 0 spiro atoms. The Bertz CT molecular complexity index is 410. The van der Waals surface area contributed by atoms with Crippen molar-refractivity contribution >= 4 is 27.7 Å². The van der Waals surface area contributed by atoms with Crippen LogP contribution in [0.25, 0.3) is 0 Å². The van der Waals surface area contributed by atoms with Gasteiger partial charge in [-0.15, -0.1) is 0 Å². The number of pyridine rings is 1. The molecule has 0 fully saturated rings. The van der Waals surface area contributed by atoms with E-state index in [1.54, 1.807) is 6.92 Å². The summed E-state index contributed by atoms with van der Waals surface area (Å²) in [4.78, 5) is 15.8. The van der Waals surface area contributed by atoms with Crippen LogP contribution in [0.15, 0.2) is 16.7 Å². The first-order valence-electron chi connectivity index (χ1n) is 5.30. The van der Waals surface area contributed by atoms with E-state index in [0.717, 1.165) is 0 Å². The molecule has 17 heavy (non-hydrogen) atoms. The molecule has 0 saturated heterocycles. The summed E-state index contributed by atoms with van der Waals surface area (Å²) in [5.41, 5.74) is 5.96. The lowest BCUT2D eigenvalue weighted by Gasteiger charge is -2.16. The molecule has 4 N–H and O–H groups in total. The Morgan fingerprint density at radius 3 is 2.88 bits per heavy atom. The van der Waals surface area contributed by atoms with Gasteiger partial charge < -0.3 is 16.2 Å². The summed E-state index contributed by atoms with van der Waals surface area (Å²) in [5.74, 6) is 0.0562. The van der Waals surface area contributed by atoms with Crippen molar-refractivity contribution in [2.45, 2.75) is 32.4 Å². The second-order valence-electron chi connectivity index (χ2n) is 4.05. The fraction of sp³-hybridized carbons (Fsp3) is 0.455. The van der Waals surface area contributed by atoms with Crippen molar-refractivity contribution in [2.24, 2.45) is 0 Å². The molecule has 1 rings (SSSR count). The average Bonchev–Trinajstić information content (AvgIpc) is 2.20. The standard InChI is InChI=1S/C11H16BrN3O2/c1-6(3-7(2)16)15-11(17)8-4-10(13)14-5-9(8)12/h4-7,16H,3H2,1-2H3,(H2,13,14)(H,15,17). The third-order valence-corrected chi connectivity index (χ3v) is 2.83. The summed E-state index contributed by atoms with van der Waals surface area (Å²) in [7, 11) is 0. The van der Waals surface area contributed by atoms with E-state index in [-0.39, 0.29) is 11.9 Å². The van der Waals surface area contributed by atoms with Crippen molar-refractivity contribution in [3.63, 3.8) is 0 Å². The van der Waals surface area contributed by atoms with Crippen LogP contribution in [-0.4, -0.2) is 28.1 Å². The van der Waals surface area contributed by atoms with Crippen molar-refractivity contribution < 1.29 is 9.90 Å². The number of hydrogen-bond acceptors (Lipinski definition) is 4.